The number of hydrogen-bond donors (Lipinski definition) is 2. The van der Waals surface area contributed by atoms with E-state index < -0.39 is 11.5 Å². The molecule has 0 saturated carbocycles. The summed E-state index contributed by atoms with van der Waals surface area (Å²) in [7, 11) is 0. The summed E-state index contributed by atoms with van der Waals surface area (Å²) in [6, 6.07) is 2.03. The van der Waals surface area contributed by atoms with Gasteiger partial charge in [0.1, 0.15) is 0 Å². The van der Waals surface area contributed by atoms with E-state index in [-0.39, 0.29) is 12.0 Å². The van der Waals surface area contributed by atoms with Crippen LogP contribution in [0, 0.1) is 24.5 Å². The van der Waals surface area contributed by atoms with Crippen LogP contribution in [0.25, 0.3) is 0 Å². The van der Waals surface area contributed by atoms with Crippen molar-refractivity contribution in [3.63, 3.8) is 0 Å². The zero-order valence-corrected chi connectivity index (χ0v) is 12.4. The minimum absolute atomic E-state index is 0.131. The third-order valence-electron chi connectivity index (χ3n) is 4.32. The Kier molecular flexibility index (Phi) is 4.18. The van der Waals surface area contributed by atoms with Gasteiger partial charge in [-0.2, -0.15) is 0 Å². The van der Waals surface area contributed by atoms with Crippen LogP contribution in [0.4, 0.5) is 0 Å². The van der Waals surface area contributed by atoms with Gasteiger partial charge in [-0.3, -0.25) is 4.84 Å². The Morgan fingerprint density at radius 1 is 1.45 bits per heavy atom. The number of rotatable bonds is 4. The van der Waals surface area contributed by atoms with E-state index in [0.717, 1.165) is 28.7 Å². The molecule has 0 bridgehead atoms. The standard InChI is InChI=1S/C15H22NO4/c1-9-7-12-13(8-15(3,4)14(12)17)10(2)11(9)5-6-20-16(18)19/h7,14,17-18H,5-6,8H2,1-4H3/q-1/t14-/m0/s1. The van der Waals surface area contributed by atoms with Gasteiger partial charge in [0.2, 0.25) is 0 Å². The van der Waals surface area contributed by atoms with Crippen LogP contribution in [0.5, 0.6) is 0 Å². The van der Waals surface area contributed by atoms with Crippen molar-refractivity contribution in [2.75, 3.05) is 6.61 Å². The summed E-state index contributed by atoms with van der Waals surface area (Å²) in [6.07, 6.45) is 0.965. The van der Waals surface area contributed by atoms with Crippen LogP contribution in [-0.2, 0) is 17.7 Å². The molecule has 0 heterocycles. The van der Waals surface area contributed by atoms with Crippen molar-refractivity contribution >= 4 is 0 Å². The van der Waals surface area contributed by atoms with Crippen LogP contribution in [0.3, 0.4) is 0 Å². The normalized spacial score (nSPS) is 20.5. The van der Waals surface area contributed by atoms with Gasteiger partial charge in [0.15, 0.2) is 0 Å². The van der Waals surface area contributed by atoms with Crippen molar-refractivity contribution in [2.24, 2.45) is 5.41 Å². The Balaban J connectivity index is 2.30. The average molecular weight is 280 g/mol. The highest BCUT2D eigenvalue weighted by Gasteiger charge is 2.39. The summed E-state index contributed by atoms with van der Waals surface area (Å²) < 4.78 is 0. The molecule has 0 saturated heterocycles. The maximum atomic E-state index is 10.4. The topological polar surface area (TPSA) is 76.0 Å². The first-order valence-electron chi connectivity index (χ1n) is 6.83. The van der Waals surface area contributed by atoms with E-state index in [1.807, 2.05) is 19.9 Å². The molecule has 0 aliphatic heterocycles. The molecule has 5 heteroatoms. The van der Waals surface area contributed by atoms with Crippen molar-refractivity contribution in [3.05, 3.63) is 39.1 Å². The fourth-order valence-electron chi connectivity index (χ4n) is 3.16. The van der Waals surface area contributed by atoms with Gasteiger partial charge in [-0.25, -0.2) is 0 Å². The highest BCUT2D eigenvalue weighted by molar-refractivity contribution is 5.49. The first-order chi connectivity index (χ1) is 9.24. The molecule has 1 aliphatic rings. The number of fused-ring (bicyclic) bond motifs is 1. The summed E-state index contributed by atoms with van der Waals surface area (Å²) in [5.41, 5.74) is 5.43. The highest BCUT2D eigenvalue weighted by Crippen LogP contribution is 2.47. The molecular formula is C15H22NO4-. The lowest BCUT2D eigenvalue weighted by molar-refractivity contribution is -0.304. The monoisotopic (exact) mass is 280 g/mol. The van der Waals surface area contributed by atoms with E-state index in [1.54, 1.807) is 0 Å². The summed E-state index contributed by atoms with van der Waals surface area (Å²) in [5.74, 6) is 0. The van der Waals surface area contributed by atoms with E-state index in [4.69, 9.17) is 5.21 Å². The van der Waals surface area contributed by atoms with Crippen molar-refractivity contribution < 1.29 is 15.2 Å². The molecule has 112 valence electrons. The second kappa shape index (κ2) is 5.42. The lowest BCUT2D eigenvalue weighted by Crippen LogP contribution is -2.16. The number of aryl methyl sites for hydroxylation is 1. The van der Waals surface area contributed by atoms with Crippen LogP contribution >= 0.6 is 0 Å². The van der Waals surface area contributed by atoms with Gasteiger partial charge in [0.05, 0.1) is 12.7 Å². The predicted octanol–water partition coefficient (Wildman–Crippen LogP) is 2.58. The van der Waals surface area contributed by atoms with E-state index in [2.05, 4.69) is 18.7 Å². The Morgan fingerprint density at radius 3 is 2.70 bits per heavy atom. The van der Waals surface area contributed by atoms with Gasteiger partial charge in [0.25, 0.3) is 0 Å². The molecule has 2 N–H and O–H groups in total. The summed E-state index contributed by atoms with van der Waals surface area (Å²) in [6.45, 7) is 8.30. The van der Waals surface area contributed by atoms with Crippen LogP contribution in [0.1, 0.15) is 47.8 Å². The molecule has 0 aromatic heterocycles. The molecule has 0 fully saturated rings. The van der Waals surface area contributed by atoms with Crippen molar-refractivity contribution in [2.45, 2.75) is 46.6 Å². The Morgan fingerprint density at radius 2 is 2.10 bits per heavy atom. The molecule has 0 radical (unpaired) electrons. The molecule has 0 unspecified atom stereocenters. The van der Waals surface area contributed by atoms with Gasteiger partial charge in [-0.1, -0.05) is 19.9 Å². The average Bonchev–Trinajstić information content (AvgIpc) is 2.56. The Labute approximate surface area is 119 Å². The van der Waals surface area contributed by atoms with E-state index in [9.17, 15) is 10.3 Å². The molecule has 20 heavy (non-hydrogen) atoms. The van der Waals surface area contributed by atoms with Gasteiger partial charge >= 0.3 is 0 Å². The van der Waals surface area contributed by atoms with Gasteiger partial charge in [-0.15, -0.1) is 5.39 Å². The second-order valence-corrected chi connectivity index (χ2v) is 6.25. The van der Waals surface area contributed by atoms with Crippen molar-refractivity contribution in [1.29, 1.82) is 0 Å². The molecule has 0 spiro atoms. The third kappa shape index (κ3) is 2.73. The Bertz CT molecular complexity index is 511. The molecule has 0 amide bonds. The maximum Gasteiger partial charge on any atom is 0.0846 e. The summed E-state index contributed by atoms with van der Waals surface area (Å²) in [5, 5.41) is 28.7. The quantitative estimate of drug-likeness (QED) is 0.829. The van der Waals surface area contributed by atoms with Crippen LogP contribution < -0.4 is 0 Å². The van der Waals surface area contributed by atoms with E-state index in [1.165, 1.54) is 5.56 Å². The maximum absolute atomic E-state index is 10.4. The van der Waals surface area contributed by atoms with E-state index >= 15 is 0 Å². The van der Waals surface area contributed by atoms with Crippen LogP contribution in [0.15, 0.2) is 6.07 Å². The first-order valence-corrected chi connectivity index (χ1v) is 6.83. The first kappa shape index (κ1) is 15.4. The second-order valence-electron chi connectivity index (χ2n) is 6.25. The highest BCUT2D eigenvalue weighted by atomic mass is 17.1. The molecule has 1 aliphatic carbocycles. The fourth-order valence-corrected chi connectivity index (χ4v) is 3.16. The SMILES string of the molecule is Cc1cc2c(c(C)c1CCON([O-])O)CC(C)(C)[C@H]2O. The summed E-state index contributed by atoms with van der Waals surface area (Å²) >= 11 is 0. The number of hydrogen-bond acceptors (Lipinski definition) is 5. The third-order valence-corrected chi connectivity index (χ3v) is 4.32. The van der Waals surface area contributed by atoms with Crippen LogP contribution in [0.2, 0.25) is 0 Å². The Hall–Kier alpha value is -0.980. The minimum Gasteiger partial charge on any atom is -0.738 e. The molecular weight excluding hydrogens is 258 g/mol. The van der Waals surface area contributed by atoms with Crippen molar-refractivity contribution in [3.8, 4) is 0 Å². The fraction of sp³-hybridized carbons (Fsp3) is 0.600. The minimum atomic E-state index is -0.509. The van der Waals surface area contributed by atoms with E-state index in [0.29, 0.717) is 6.42 Å². The zero-order chi connectivity index (χ0) is 15.1. The largest absolute Gasteiger partial charge is 0.738 e. The number of nitrogens with zero attached hydrogens (tertiary/aromatic N) is 1. The molecule has 5 nitrogen and oxygen atoms in total. The smallest absolute Gasteiger partial charge is 0.0846 e. The van der Waals surface area contributed by atoms with Gasteiger partial charge in [0, 0.05) is 0 Å². The predicted molar refractivity (Wildman–Crippen MR) is 75.0 cm³/mol. The molecule has 1 aromatic rings. The number of benzene rings is 1. The van der Waals surface area contributed by atoms with Crippen molar-refractivity contribution in [1.82, 2.24) is 5.39 Å². The lowest BCUT2D eigenvalue weighted by Gasteiger charge is -2.22. The van der Waals surface area contributed by atoms with Gasteiger partial charge in [-0.05, 0) is 59.9 Å². The van der Waals surface area contributed by atoms with Gasteiger partial charge < -0.3 is 15.5 Å². The number of aliphatic hydroxyl groups excluding tert-OH is 1. The van der Waals surface area contributed by atoms with Crippen LogP contribution in [-0.4, -0.2) is 22.3 Å². The molecule has 2 rings (SSSR count). The number of aliphatic hydroxyl groups is 1. The molecule has 1 atom stereocenters. The molecule has 1 aromatic carbocycles. The summed E-state index contributed by atoms with van der Waals surface area (Å²) in [4.78, 5) is 4.52. The zero-order valence-electron chi connectivity index (χ0n) is 12.4. The lowest BCUT2D eigenvalue weighted by atomic mass is 9.87.